The van der Waals surface area contributed by atoms with Crippen LogP contribution in [0.2, 0.25) is 0 Å². The molecule has 5 aliphatic rings. The van der Waals surface area contributed by atoms with Crippen LogP contribution in [0.5, 0.6) is 0 Å². The van der Waals surface area contributed by atoms with E-state index in [0.29, 0.717) is 30.4 Å². The number of amides is 2. The highest BCUT2D eigenvalue weighted by atomic mass is 16.5. The van der Waals surface area contributed by atoms with Crippen LogP contribution in [0.1, 0.15) is 65.2 Å². The molecule has 0 radical (unpaired) electrons. The summed E-state index contributed by atoms with van der Waals surface area (Å²) in [6.07, 6.45) is 12.6. The molecule has 3 unspecified atom stereocenters. The van der Waals surface area contributed by atoms with Crippen LogP contribution >= 0.6 is 0 Å². The van der Waals surface area contributed by atoms with Gasteiger partial charge in [0, 0.05) is 31.0 Å². The summed E-state index contributed by atoms with van der Waals surface area (Å²) in [4.78, 5) is 26.8. The van der Waals surface area contributed by atoms with Crippen LogP contribution in [0.3, 0.4) is 0 Å². The van der Waals surface area contributed by atoms with Crippen molar-refractivity contribution in [1.29, 1.82) is 0 Å². The zero-order valence-electron chi connectivity index (χ0n) is 18.2. The molecule has 4 fully saturated rings. The van der Waals surface area contributed by atoms with Crippen LogP contribution in [-0.4, -0.2) is 42.0 Å². The normalized spacial score (nSPS) is 51.5. The average molecular weight is 401 g/mol. The Bertz CT molecular complexity index is 757. The number of rotatable bonds is 2. The molecule has 0 bridgehead atoms. The van der Waals surface area contributed by atoms with Crippen molar-refractivity contribution in [3.63, 3.8) is 0 Å². The van der Waals surface area contributed by atoms with Gasteiger partial charge in [0.05, 0.1) is 0 Å². The maximum Gasteiger partial charge on any atom is 0.249 e. The van der Waals surface area contributed by atoms with Gasteiger partial charge in [-0.25, -0.2) is 0 Å². The third-order valence-corrected chi connectivity index (χ3v) is 10.2. The number of primary amides is 1. The van der Waals surface area contributed by atoms with E-state index >= 15 is 0 Å². The average Bonchev–Trinajstić information content (AvgIpc) is 3.30. The number of hydrogen-bond donors (Lipinski definition) is 1. The summed E-state index contributed by atoms with van der Waals surface area (Å²) in [5.41, 5.74) is 5.40. The standard InChI is InChI=1S/C24H36N2O3/c1-22-12-9-17-15(5-8-19-23(17,2)13-10-20(27)26(19)3)16(22)6-7-18(22)24(21(25)28)11-4-14-29-24/h10,13,15-19H,4-9,11-12,14H2,1-3H3,(H2,25,28)/t15-,16-,17+,18?,19?,22-,23+,24?/m0/s1. The van der Waals surface area contributed by atoms with Crippen molar-refractivity contribution in [2.75, 3.05) is 13.7 Å². The van der Waals surface area contributed by atoms with Crippen LogP contribution < -0.4 is 5.73 Å². The van der Waals surface area contributed by atoms with E-state index in [-0.39, 0.29) is 28.6 Å². The largest absolute Gasteiger partial charge is 0.367 e. The van der Waals surface area contributed by atoms with Gasteiger partial charge in [-0.2, -0.15) is 0 Å². The monoisotopic (exact) mass is 400 g/mol. The number of ether oxygens (including phenoxy) is 1. The van der Waals surface area contributed by atoms with Gasteiger partial charge in [0.2, 0.25) is 11.8 Å². The minimum absolute atomic E-state index is 0.0657. The Morgan fingerprint density at radius 3 is 2.62 bits per heavy atom. The molecule has 3 saturated carbocycles. The second kappa shape index (κ2) is 6.32. The van der Waals surface area contributed by atoms with Crippen molar-refractivity contribution in [1.82, 2.24) is 4.90 Å². The zero-order chi connectivity index (χ0) is 20.6. The molecule has 2 heterocycles. The van der Waals surface area contributed by atoms with Crippen molar-refractivity contribution >= 4 is 11.8 Å². The number of fused-ring (bicyclic) bond motifs is 5. The van der Waals surface area contributed by atoms with Crippen molar-refractivity contribution < 1.29 is 14.3 Å². The lowest BCUT2D eigenvalue weighted by atomic mass is 9.47. The van der Waals surface area contributed by atoms with E-state index in [1.54, 1.807) is 6.08 Å². The van der Waals surface area contributed by atoms with Gasteiger partial charge in [-0.15, -0.1) is 0 Å². The van der Waals surface area contributed by atoms with Gasteiger partial charge in [-0.3, -0.25) is 9.59 Å². The fourth-order valence-electron chi connectivity index (χ4n) is 8.81. The predicted molar refractivity (Wildman–Crippen MR) is 111 cm³/mol. The maximum atomic E-state index is 12.6. The van der Waals surface area contributed by atoms with Gasteiger partial charge in [0.1, 0.15) is 5.60 Å². The van der Waals surface area contributed by atoms with Crippen LogP contribution in [-0.2, 0) is 14.3 Å². The topological polar surface area (TPSA) is 72.6 Å². The molecule has 0 spiro atoms. The van der Waals surface area contributed by atoms with Crippen molar-refractivity contribution in [3.05, 3.63) is 12.2 Å². The Kier molecular flexibility index (Phi) is 4.27. The third-order valence-electron chi connectivity index (χ3n) is 10.2. The van der Waals surface area contributed by atoms with E-state index in [1.807, 2.05) is 11.9 Å². The molecular weight excluding hydrogens is 364 g/mol. The van der Waals surface area contributed by atoms with Gasteiger partial charge >= 0.3 is 0 Å². The predicted octanol–water partition coefficient (Wildman–Crippen LogP) is 3.28. The SMILES string of the molecule is CN1C(=O)C=C[C@@]2(C)C1CC[C@@H]1[C@H]2CC[C@]2(C)C(C3(C(N)=O)CCCO3)CC[C@@H]12. The van der Waals surface area contributed by atoms with Crippen molar-refractivity contribution in [3.8, 4) is 0 Å². The van der Waals surface area contributed by atoms with E-state index < -0.39 is 5.60 Å². The number of nitrogens with two attached hydrogens (primary N) is 1. The Labute approximate surface area is 174 Å². The number of carbonyl (C=O) groups is 2. The highest BCUT2D eigenvalue weighted by molar-refractivity contribution is 5.89. The van der Waals surface area contributed by atoms with E-state index in [9.17, 15) is 9.59 Å². The Balaban J connectivity index is 1.47. The molecule has 5 nitrogen and oxygen atoms in total. The lowest BCUT2D eigenvalue weighted by Gasteiger charge is -2.61. The summed E-state index contributed by atoms with van der Waals surface area (Å²) >= 11 is 0. The molecule has 0 aromatic carbocycles. The van der Waals surface area contributed by atoms with Crippen LogP contribution in [0.4, 0.5) is 0 Å². The fourth-order valence-corrected chi connectivity index (χ4v) is 8.81. The number of likely N-dealkylation sites (N-methyl/N-ethyl adjacent to an activating group) is 1. The molecule has 8 atom stereocenters. The quantitative estimate of drug-likeness (QED) is 0.773. The number of hydrogen-bond acceptors (Lipinski definition) is 3. The van der Waals surface area contributed by atoms with Crippen molar-refractivity contribution in [2.24, 2.45) is 40.2 Å². The lowest BCUT2D eigenvalue weighted by Crippen LogP contribution is -2.61. The molecular formula is C24H36N2O3. The minimum Gasteiger partial charge on any atom is -0.367 e. The maximum absolute atomic E-state index is 12.6. The summed E-state index contributed by atoms with van der Waals surface area (Å²) in [5, 5.41) is 0. The van der Waals surface area contributed by atoms with Gasteiger partial charge in [-0.05, 0) is 80.6 Å². The van der Waals surface area contributed by atoms with Gasteiger partial charge in [-0.1, -0.05) is 19.9 Å². The lowest BCUT2D eigenvalue weighted by molar-refractivity contribution is -0.160. The summed E-state index contributed by atoms with van der Waals surface area (Å²) in [6, 6.07) is 0.318. The van der Waals surface area contributed by atoms with Gasteiger partial charge in [0.15, 0.2) is 0 Å². The van der Waals surface area contributed by atoms with Crippen LogP contribution in [0.15, 0.2) is 12.2 Å². The Hall–Kier alpha value is -1.36. The highest BCUT2D eigenvalue weighted by Crippen LogP contribution is 2.67. The minimum atomic E-state index is -0.741. The van der Waals surface area contributed by atoms with E-state index in [4.69, 9.17) is 10.5 Å². The second-order valence-corrected chi connectivity index (χ2v) is 11.0. The first-order chi connectivity index (χ1) is 13.7. The first-order valence-electron chi connectivity index (χ1n) is 11.6. The van der Waals surface area contributed by atoms with Gasteiger partial charge < -0.3 is 15.4 Å². The van der Waals surface area contributed by atoms with E-state index in [0.717, 1.165) is 32.1 Å². The molecule has 5 heteroatoms. The molecule has 2 amide bonds. The fraction of sp³-hybridized carbons (Fsp3) is 0.833. The molecule has 1 saturated heterocycles. The molecule has 0 aromatic heterocycles. The summed E-state index contributed by atoms with van der Waals surface area (Å²) in [5.74, 6) is 2.05. The Morgan fingerprint density at radius 2 is 1.93 bits per heavy atom. The van der Waals surface area contributed by atoms with E-state index in [1.165, 1.54) is 19.3 Å². The zero-order valence-corrected chi connectivity index (χ0v) is 18.2. The molecule has 3 aliphatic carbocycles. The molecule has 2 N–H and O–H groups in total. The Morgan fingerprint density at radius 1 is 1.14 bits per heavy atom. The molecule has 2 aliphatic heterocycles. The summed E-state index contributed by atoms with van der Waals surface area (Å²) < 4.78 is 6.14. The first-order valence-corrected chi connectivity index (χ1v) is 11.6. The summed E-state index contributed by atoms with van der Waals surface area (Å²) in [7, 11) is 1.97. The molecule has 5 rings (SSSR count). The number of carbonyl (C=O) groups excluding carboxylic acids is 2. The first kappa shape index (κ1) is 19.6. The summed E-state index contributed by atoms with van der Waals surface area (Å²) in [6.45, 7) is 5.48. The number of nitrogens with zero attached hydrogens (tertiary/aromatic N) is 1. The highest BCUT2D eigenvalue weighted by Gasteiger charge is 2.65. The van der Waals surface area contributed by atoms with Crippen LogP contribution in [0.25, 0.3) is 0 Å². The third kappa shape index (κ3) is 2.43. The van der Waals surface area contributed by atoms with Crippen molar-refractivity contribution in [2.45, 2.75) is 76.9 Å². The van der Waals surface area contributed by atoms with Crippen LogP contribution in [0, 0.1) is 34.5 Å². The smallest absolute Gasteiger partial charge is 0.249 e. The molecule has 160 valence electrons. The van der Waals surface area contributed by atoms with E-state index in [2.05, 4.69) is 19.9 Å². The van der Waals surface area contributed by atoms with Gasteiger partial charge in [0.25, 0.3) is 0 Å². The molecule has 29 heavy (non-hydrogen) atoms. The second-order valence-electron chi connectivity index (χ2n) is 11.0. The molecule has 0 aromatic rings.